The van der Waals surface area contributed by atoms with E-state index in [1.54, 1.807) is 0 Å². The van der Waals surface area contributed by atoms with E-state index in [4.69, 9.17) is 9.78 Å². The monoisotopic (exact) mass is 214 g/mol. The van der Waals surface area contributed by atoms with E-state index in [0.717, 1.165) is 12.8 Å². The lowest BCUT2D eigenvalue weighted by Crippen LogP contribution is -2.40. The maximum absolute atomic E-state index is 5.07. The maximum Gasteiger partial charge on any atom is 0.240 e. The lowest BCUT2D eigenvalue weighted by atomic mass is 9.64. The molecule has 0 aromatic rings. The summed E-state index contributed by atoms with van der Waals surface area (Å²) in [7, 11) is 0. The van der Waals surface area contributed by atoms with E-state index < -0.39 is 5.79 Å². The van der Waals surface area contributed by atoms with Gasteiger partial charge in [-0.1, -0.05) is 19.3 Å². The van der Waals surface area contributed by atoms with Gasteiger partial charge in [0.05, 0.1) is 0 Å². The average Bonchev–Trinajstić information content (AvgIpc) is 2.74. The fourth-order valence-electron chi connectivity index (χ4n) is 3.30. The van der Waals surface area contributed by atoms with Crippen molar-refractivity contribution in [2.75, 3.05) is 0 Å². The van der Waals surface area contributed by atoms with Crippen LogP contribution in [-0.4, -0.2) is 5.79 Å². The summed E-state index contributed by atoms with van der Waals surface area (Å²) in [6, 6.07) is 0. The highest BCUT2D eigenvalue weighted by atomic mass is 17.7. The summed E-state index contributed by atoms with van der Waals surface area (Å²) in [5.74, 6) is -0.595. The van der Waals surface area contributed by atoms with E-state index in [-0.39, 0.29) is 0 Å². The molecule has 3 fully saturated rings. The Labute approximate surface area is 89.6 Å². The van der Waals surface area contributed by atoms with Crippen molar-refractivity contribution in [3.05, 3.63) is 0 Å². The van der Waals surface area contributed by atoms with Crippen molar-refractivity contribution in [2.45, 2.75) is 63.6 Å². The molecule has 2 spiro atoms. The summed E-state index contributed by atoms with van der Waals surface area (Å²) in [4.78, 5) is 10.1. The summed E-state index contributed by atoms with van der Waals surface area (Å²) >= 11 is 0. The van der Waals surface area contributed by atoms with Crippen molar-refractivity contribution in [3.8, 4) is 0 Å². The van der Waals surface area contributed by atoms with Gasteiger partial charge >= 0.3 is 0 Å². The van der Waals surface area contributed by atoms with Gasteiger partial charge in [0, 0.05) is 12.8 Å². The van der Waals surface area contributed by atoms with Crippen molar-refractivity contribution in [3.63, 3.8) is 0 Å². The smallest absolute Gasteiger partial charge is 0.165 e. The number of hydrogen-bond acceptors (Lipinski definition) is 4. The second kappa shape index (κ2) is 3.70. The molecule has 0 amide bonds. The Balaban J connectivity index is 1.63. The van der Waals surface area contributed by atoms with Gasteiger partial charge < -0.3 is 0 Å². The minimum Gasteiger partial charge on any atom is -0.165 e. The van der Waals surface area contributed by atoms with Crippen LogP contribution in [0.5, 0.6) is 0 Å². The third-order valence-electron chi connectivity index (χ3n) is 4.39. The standard InChI is InChI=1S/C11H18O4/c1-2-4-10(5-3-1)6-8-11(9-7-10)12-14-15-13-11/h1-9H2. The van der Waals surface area contributed by atoms with Crippen molar-refractivity contribution >= 4 is 0 Å². The molecular formula is C11H18O4. The first-order chi connectivity index (χ1) is 7.33. The van der Waals surface area contributed by atoms with Crippen LogP contribution in [0.25, 0.3) is 0 Å². The van der Waals surface area contributed by atoms with Crippen LogP contribution >= 0.6 is 0 Å². The van der Waals surface area contributed by atoms with E-state index in [2.05, 4.69) is 10.1 Å². The SMILES string of the molecule is C1CCC2(CC1)CCC1(CC2)OOOO1. The predicted molar refractivity (Wildman–Crippen MR) is 51.1 cm³/mol. The molecule has 1 saturated heterocycles. The number of hydrogen-bond donors (Lipinski definition) is 0. The Morgan fingerprint density at radius 3 is 1.80 bits per heavy atom. The van der Waals surface area contributed by atoms with Crippen molar-refractivity contribution < 1.29 is 19.9 Å². The fraction of sp³-hybridized carbons (Fsp3) is 1.00. The van der Waals surface area contributed by atoms with Gasteiger partial charge in [0.25, 0.3) is 0 Å². The van der Waals surface area contributed by atoms with Gasteiger partial charge in [-0.3, -0.25) is 0 Å². The van der Waals surface area contributed by atoms with Crippen molar-refractivity contribution in [1.82, 2.24) is 0 Å². The average molecular weight is 214 g/mol. The van der Waals surface area contributed by atoms with Crippen LogP contribution in [0.4, 0.5) is 0 Å². The maximum atomic E-state index is 5.07. The summed E-state index contributed by atoms with van der Waals surface area (Å²) in [6.45, 7) is 0. The molecule has 0 atom stereocenters. The van der Waals surface area contributed by atoms with E-state index in [0.29, 0.717) is 5.41 Å². The first kappa shape index (κ1) is 10.0. The molecule has 86 valence electrons. The molecular weight excluding hydrogens is 196 g/mol. The van der Waals surface area contributed by atoms with Crippen LogP contribution in [-0.2, 0) is 19.9 Å². The van der Waals surface area contributed by atoms with E-state index in [1.807, 2.05) is 0 Å². The van der Waals surface area contributed by atoms with Gasteiger partial charge in [0.2, 0.25) is 5.79 Å². The largest absolute Gasteiger partial charge is 0.240 e. The highest BCUT2D eigenvalue weighted by Gasteiger charge is 2.49. The van der Waals surface area contributed by atoms with Crippen LogP contribution < -0.4 is 0 Å². The first-order valence-corrected chi connectivity index (χ1v) is 6.03. The molecule has 3 rings (SSSR count). The van der Waals surface area contributed by atoms with Gasteiger partial charge in [0.15, 0.2) is 0 Å². The van der Waals surface area contributed by atoms with Gasteiger partial charge in [-0.25, -0.2) is 0 Å². The highest BCUT2D eigenvalue weighted by Crippen LogP contribution is 2.51. The normalized spacial score (nSPS) is 33.6. The molecule has 0 aromatic heterocycles. The lowest BCUT2D eigenvalue weighted by molar-refractivity contribution is -0.532. The molecule has 0 N–H and O–H groups in total. The topological polar surface area (TPSA) is 36.9 Å². The minimum atomic E-state index is -0.595. The van der Waals surface area contributed by atoms with Crippen LogP contribution in [0.1, 0.15) is 57.8 Å². The third kappa shape index (κ3) is 1.80. The Bertz CT molecular complexity index is 217. The van der Waals surface area contributed by atoms with Gasteiger partial charge in [-0.2, -0.15) is 9.78 Å². The zero-order valence-electron chi connectivity index (χ0n) is 9.00. The Hall–Kier alpha value is -0.160. The zero-order valence-corrected chi connectivity index (χ0v) is 9.00. The molecule has 2 saturated carbocycles. The zero-order chi connectivity index (χ0) is 10.2. The lowest BCUT2D eigenvalue weighted by Gasteiger charge is -2.43. The summed E-state index contributed by atoms with van der Waals surface area (Å²) < 4.78 is 0. The third-order valence-corrected chi connectivity index (χ3v) is 4.39. The predicted octanol–water partition coefficient (Wildman–Crippen LogP) is 3.03. The van der Waals surface area contributed by atoms with Crippen LogP contribution in [0.3, 0.4) is 0 Å². The molecule has 0 bridgehead atoms. The highest BCUT2D eigenvalue weighted by molar-refractivity contribution is 4.91. The second-order valence-corrected chi connectivity index (χ2v) is 5.27. The summed E-state index contributed by atoms with van der Waals surface area (Å²) in [5, 5.41) is 8.78. The van der Waals surface area contributed by atoms with Gasteiger partial charge in [-0.15, -0.1) is 0 Å². The molecule has 3 aliphatic rings. The second-order valence-electron chi connectivity index (χ2n) is 5.27. The van der Waals surface area contributed by atoms with Crippen LogP contribution in [0.15, 0.2) is 0 Å². The first-order valence-electron chi connectivity index (χ1n) is 6.03. The molecule has 4 heteroatoms. The molecule has 4 nitrogen and oxygen atoms in total. The molecule has 15 heavy (non-hydrogen) atoms. The Morgan fingerprint density at radius 1 is 0.600 bits per heavy atom. The molecule has 2 aliphatic carbocycles. The molecule has 1 aliphatic heterocycles. The van der Waals surface area contributed by atoms with E-state index >= 15 is 0 Å². The quantitative estimate of drug-likeness (QED) is 0.581. The van der Waals surface area contributed by atoms with Crippen LogP contribution in [0.2, 0.25) is 0 Å². The Kier molecular flexibility index (Phi) is 2.47. The summed E-state index contributed by atoms with van der Waals surface area (Å²) in [6.07, 6.45) is 11.1. The fourth-order valence-corrected chi connectivity index (χ4v) is 3.30. The molecule has 1 heterocycles. The molecule has 0 unspecified atom stereocenters. The number of rotatable bonds is 0. The van der Waals surface area contributed by atoms with Crippen LogP contribution in [0, 0.1) is 5.41 Å². The summed E-state index contributed by atoms with van der Waals surface area (Å²) in [5.41, 5.74) is 0.568. The molecule has 0 radical (unpaired) electrons. The Morgan fingerprint density at radius 2 is 1.20 bits per heavy atom. The van der Waals surface area contributed by atoms with Crippen molar-refractivity contribution in [2.24, 2.45) is 5.41 Å². The van der Waals surface area contributed by atoms with E-state index in [1.165, 1.54) is 44.9 Å². The van der Waals surface area contributed by atoms with Gasteiger partial charge in [-0.05, 0) is 41.2 Å². The van der Waals surface area contributed by atoms with E-state index in [9.17, 15) is 0 Å². The van der Waals surface area contributed by atoms with Gasteiger partial charge in [0.1, 0.15) is 0 Å². The molecule has 0 aromatic carbocycles. The van der Waals surface area contributed by atoms with Crippen molar-refractivity contribution in [1.29, 1.82) is 0 Å². The minimum absolute atomic E-state index is 0.568.